The van der Waals surface area contributed by atoms with Crippen LogP contribution >= 0.6 is 0 Å². The van der Waals surface area contributed by atoms with Crippen molar-refractivity contribution < 1.29 is 19.1 Å². The van der Waals surface area contributed by atoms with Crippen molar-refractivity contribution in [1.29, 1.82) is 0 Å². The van der Waals surface area contributed by atoms with Gasteiger partial charge in [-0.15, -0.1) is 0 Å². The highest BCUT2D eigenvalue weighted by atomic mass is 16.5. The van der Waals surface area contributed by atoms with E-state index >= 15 is 0 Å². The Bertz CT molecular complexity index is 962. The first-order chi connectivity index (χ1) is 17.6. The first kappa shape index (κ1) is 29.7. The number of allylic oxidation sites excluding steroid dienone is 2. The normalized spacial score (nSPS) is 39.6. The van der Waals surface area contributed by atoms with E-state index in [1.165, 1.54) is 38.5 Å². The molecule has 0 bridgehead atoms. The number of ether oxygens (including phenoxy) is 2. The second-order valence-corrected chi connectivity index (χ2v) is 15.2. The largest absolute Gasteiger partial charge is 0.466 e. The van der Waals surface area contributed by atoms with Gasteiger partial charge < -0.3 is 9.47 Å². The maximum atomic E-state index is 12.5. The lowest BCUT2D eigenvalue weighted by atomic mass is 9.43. The molecule has 4 aliphatic carbocycles. The highest BCUT2D eigenvalue weighted by Gasteiger charge is 2.63. The quantitative estimate of drug-likeness (QED) is 0.245. The van der Waals surface area contributed by atoms with Gasteiger partial charge in [0.25, 0.3) is 0 Å². The van der Waals surface area contributed by atoms with Crippen LogP contribution in [0.4, 0.5) is 0 Å². The predicted octanol–water partition coefficient (Wildman–Crippen LogP) is 8.53. The van der Waals surface area contributed by atoms with E-state index in [1.54, 1.807) is 11.1 Å². The molecule has 0 aliphatic heterocycles. The number of carbonyl (C=O) groups excluding carboxylic acids is 2. The fourth-order valence-electron chi connectivity index (χ4n) is 10.2. The van der Waals surface area contributed by atoms with E-state index in [1.807, 2.05) is 27.7 Å². The van der Waals surface area contributed by atoms with Gasteiger partial charge in [0.15, 0.2) is 0 Å². The van der Waals surface area contributed by atoms with E-state index in [9.17, 15) is 9.59 Å². The molecule has 4 heteroatoms. The third kappa shape index (κ3) is 4.48. The van der Waals surface area contributed by atoms with Crippen LogP contribution in [-0.4, -0.2) is 24.6 Å². The summed E-state index contributed by atoms with van der Waals surface area (Å²) in [4.78, 5) is 24.9. The summed E-state index contributed by atoms with van der Waals surface area (Å²) in [6, 6.07) is 0. The Kier molecular flexibility index (Phi) is 8.01. The van der Waals surface area contributed by atoms with Crippen LogP contribution in [-0.2, 0) is 19.1 Å². The second-order valence-electron chi connectivity index (χ2n) is 15.2. The highest BCUT2D eigenvalue weighted by Crippen LogP contribution is 2.72. The minimum absolute atomic E-state index is 0.0140. The molecule has 0 aromatic carbocycles. The average Bonchev–Trinajstić information content (AvgIpc) is 3.12. The zero-order valence-electron chi connectivity index (χ0n) is 26.2. The average molecular weight is 529 g/mol. The molecule has 0 amide bonds. The SMILES string of the molecule is CCOC(=O)C(C)C[C@@H](C)[C@H]1CC[C@@]2(C)C3=C(CC[C@]12C)[C@@]1(C)CC[C@H](OC(=O)C(C)C)C(C)(C)[C@@H]1CC3. The summed E-state index contributed by atoms with van der Waals surface area (Å²) >= 11 is 0. The zero-order valence-corrected chi connectivity index (χ0v) is 26.2. The molecule has 0 aromatic heterocycles. The molecule has 2 saturated carbocycles. The minimum Gasteiger partial charge on any atom is -0.466 e. The van der Waals surface area contributed by atoms with Crippen molar-refractivity contribution in [1.82, 2.24) is 0 Å². The summed E-state index contributed by atoms with van der Waals surface area (Å²) in [6.45, 7) is 23.1. The number of fused-ring (bicyclic) bond motifs is 4. The minimum atomic E-state index is -0.0752. The zero-order chi connectivity index (χ0) is 28.3. The van der Waals surface area contributed by atoms with Crippen LogP contribution in [0.15, 0.2) is 11.1 Å². The van der Waals surface area contributed by atoms with Gasteiger partial charge in [0.05, 0.1) is 18.4 Å². The van der Waals surface area contributed by atoms with Crippen LogP contribution in [0, 0.1) is 51.2 Å². The van der Waals surface area contributed by atoms with E-state index in [-0.39, 0.29) is 51.5 Å². The van der Waals surface area contributed by atoms with E-state index in [4.69, 9.17) is 9.47 Å². The van der Waals surface area contributed by atoms with Crippen molar-refractivity contribution in [2.75, 3.05) is 6.61 Å². The van der Waals surface area contributed by atoms with Crippen LogP contribution < -0.4 is 0 Å². The van der Waals surface area contributed by atoms with Crippen LogP contribution in [0.2, 0.25) is 0 Å². The van der Waals surface area contributed by atoms with Crippen molar-refractivity contribution in [2.45, 2.75) is 133 Å². The van der Waals surface area contributed by atoms with Crippen molar-refractivity contribution in [3.63, 3.8) is 0 Å². The summed E-state index contributed by atoms with van der Waals surface area (Å²) in [5.74, 6) is 1.51. The molecule has 38 heavy (non-hydrogen) atoms. The van der Waals surface area contributed by atoms with Crippen molar-refractivity contribution >= 4 is 11.9 Å². The number of hydrogen-bond acceptors (Lipinski definition) is 4. The molecule has 4 rings (SSSR count). The summed E-state index contributed by atoms with van der Waals surface area (Å²) in [7, 11) is 0. The molecule has 2 fully saturated rings. The number of carbonyl (C=O) groups is 2. The van der Waals surface area contributed by atoms with E-state index in [0.29, 0.717) is 24.4 Å². The van der Waals surface area contributed by atoms with Gasteiger partial charge in [0.2, 0.25) is 0 Å². The standard InChI is InChI=1S/C34H56O4/c1-11-37-30(36)23(5)20-22(4)24-14-18-34(10)26-12-13-27-31(6,7)28(38-29(35)21(2)3)16-17-32(27,8)25(26)15-19-33(24,34)9/h21-24,27-28H,11-20H2,1-10H3/t22-,23?,24-,27+,28+,32-,33-,34+/m1/s1. The van der Waals surface area contributed by atoms with Crippen molar-refractivity contribution in [2.24, 2.45) is 51.2 Å². The van der Waals surface area contributed by atoms with Gasteiger partial charge in [-0.25, -0.2) is 0 Å². The molecule has 8 atom stereocenters. The second kappa shape index (κ2) is 10.3. The Hall–Kier alpha value is -1.32. The Balaban J connectivity index is 1.59. The van der Waals surface area contributed by atoms with Crippen LogP contribution in [0.3, 0.4) is 0 Å². The van der Waals surface area contributed by atoms with Crippen LogP contribution in [0.25, 0.3) is 0 Å². The van der Waals surface area contributed by atoms with E-state index < -0.39 is 0 Å². The maximum Gasteiger partial charge on any atom is 0.308 e. The van der Waals surface area contributed by atoms with Gasteiger partial charge in [-0.1, -0.05) is 73.5 Å². The summed E-state index contributed by atoms with van der Waals surface area (Å²) < 4.78 is 11.5. The Morgan fingerprint density at radius 3 is 2.18 bits per heavy atom. The topological polar surface area (TPSA) is 52.6 Å². The molecule has 0 heterocycles. The third-order valence-corrected chi connectivity index (χ3v) is 12.6. The molecule has 0 saturated heterocycles. The third-order valence-electron chi connectivity index (χ3n) is 12.6. The molecular formula is C34H56O4. The molecule has 0 aromatic rings. The Morgan fingerprint density at radius 2 is 1.55 bits per heavy atom. The van der Waals surface area contributed by atoms with Gasteiger partial charge in [-0.2, -0.15) is 0 Å². The number of esters is 2. The van der Waals surface area contributed by atoms with Gasteiger partial charge in [0, 0.05) is 5.41 Å². The van der Waals surface area contributed by atoms with Gasteiger partial charge in [0.1, 0.15) is 6.10 Å². The molecule has 0 radical (unpaired) electrons. The van der Waals surface area contributed by atoms with Crippen LogP contribution in [0.1, 0.15) is 127 Å². The number of hydrogen-bond donors (Lipinski definition) is 0. The molecular weight excluding hydrogens is 472 g/mol. The molecule has 0 N–H and O–H groups in total. The predicted molar refractivity (Wildman–Crippen MR) is 153 cm³/mol. The summed E-state index contributed by atoms with van der Waals surface area (Å²) in [6.07, 6.45) is 10.4. The number of rotatable bonds is 7. The molecule has 4 nitrogen and oxygen atoms in total. The van der Waals surface area contributed by atoms with E-state index in [0.717, 1.165) is 19.3 Å². The fourth-order valence-corrected chi connectivity index (χ4v) is 10.2. The lowest BCUT2D eigenvalue weighted by Crippen LogP contribution is -2.56. The lowest BCUT2D eigenvalue weighted by molar-refractivity contribution is -0.173. The molecule has 4 aliphatic rings. The summed E-state index contributed by atoms with van der Waals surface area (Å²) in [5.41, 5.74) is 4.25. The molecule has 0 spiro atoms. The Morgan fingerprint density at radius 1 is 0.868 bits per heavy atom. The lowest BCUT2D eigenvalue weighted by Gasteiger charge is -2.62. The maximum absolute atomic E-state index is 12.5. The van der Waals surface area contributed by atoms with E-state index in [2.05, 4.69) is 41.5 Å². The smallest absolute Gasteiger partial charge is 0.308 e. The molecule has 1 unspecified atom stereocenters. The molecule has 216 valence electrons. The summed E-state index contributed by atoms with van der Waals surface area (Å²) in [5, 5.41) is 0. The monoisotopic (exact) mass is 528 g/mol. The first-order valence-corrected chi connectivity index (χ1v) is 15.7. The van der Waals surface area contributed by atoms with Gasteiger partial charge in [-0.3, -0.25) is 9.59 Å². The van der Waals surface area contributed by atoms with Gasteiger partial charge in [-0.05, 0) is 98.7 Å². The fraction of sp³-hybridized carbons (Fsp3) is 0.882. The van der Waals surface area contributed by atoms with Gasteiger partial charge >= 0.3 is 11.9 Å². The first-order valence-electron chi connectivity index (χ1n) is 15.7. The van der Waals surface area contributed by atoms with Crippen molar-refractivity contribution in [3.05, 3.63) is 11.1 Å². The van der Waals surface area contributed by atoms with Crippen molar-refractivity contribution in [3.8, 4) is 0 Å². The van der Waals surface area contributed by atoms with Crippen LogP contribution in [0.5, 0.6) is 0 Å². The highest BCUT2D eigenvalue weighted by molar-refractivity contribution is 5.72. The Labute approximate surface area is 233 Å².